The molecule has 19 heavy (non-hydrogen) atoms. The first-order chi connectivity index (χ1) is 8.69. The zero-order chi connectivity index (χ0) is 14.7. The molecule has 1 aliphatic heterocycles. The molecular weight excluding hydrogens is 242 g/mol. The van der Waals surface area contributed by atoms with Crippen molar-refractivity contribution in [3.8, 4) is 0 Å². The number of hydrogen-bond donors (Lipinski definition) is 0. The molecule has 1 heterocycles. The highest BCUT2D eigenvalue weighted by Gasteiger charge is 2.44. The Labute approximate surface area is 117 Å². The van der Waals surface area contributed by atoms with Gasteiger partial charge >= 0.3 is 5.97 Å². The Balaban J connectivity index is 2.70. The van der Waals surface area contributed by atoms with Gasteiger partial charge in [-0.2, -0.15) is 0 Å². The molecule has 4 heteroatoms. The van der Waals surface area contributed by atoms with Crippen molar-refractivity contribution in [2.75, 3.05) is 26.9 Å². The van der Waals surface area contributed by atoms with Gasteiger partial charge in [-0.05, 0) is 46.5 Å². The molecule has 1 aliphatic rings. The van der Waals surface area contributed by atoms with Crippen molar-refractivity contribution in [1.82, 2.24) is 4.90 Å². The molecule has 0 aliphatic carbocycles. The van der Waals surface area contributed by atoms with Crippen LogP contribution in [-0.2, 0) is 14.3 Å². The Morgan fingerprint density at radius 3 is 2.16 bits per heavy atom. The van der Waals surface area contributed by atoms with Gasteiger partial charge < -0.3 is 9.47 Å². The second-order valence-electron chi connectivity index (χ2n) is 6.85. The van der Waals surface area contributed by atoms with E-state index in [1.807, 2.05) is 0 Å². The molecule has 1 fully saturated rings. The van der Waals surface area contributed by atoms with Crippen LogP contribution in [0.25, 0.3) is 0 Å². The highest BCUT2D eigenvalue weighted by molar-refractivity contribution is 5.65. The SMILES string of the molecule is COCC1CC(C)(C)N(CCOC(C)=O)C(C)(C)C1. The molecule has 0 atom stereocenters. The number of esters is 1. The second kappa shape index (κ2) is 6.23. The number of likely N-dealkylation sites (tertiary alicyclic amines) is 1. The lowest BCUT2D eigenvalue weighted by Gasteiger charge is -2.55. The Morgan fingerprint density at radius 1 is 1.21 bits per heavy atom. The van der Waals surface area contributed by atoms with E-state index in [0.717, 1.165) is 26.0 Å². The average molecular weight is 271 g/mol. The van der Waals surface area contributed by atoms with Gasteiger partial charge in [-0.1, -0.05) is 0 Å². The fraction of sp³-hybridized carbons (Fsp3) is 0.933. The average Bonchev–Trinajstić information content (AvgIpc) is 2.20. The predicted octanol–water partition coefficient (Wildman–Crippen LogP) is 2.47. The molecule has 0 aromatic carbocycles. The molecule has 0 spiro atoms. The second-order valence-corrected chi connectivity index (χ2v) is 6.85. The minimum absolute atomic E-state index is 0.102. The van der Waals surface area contributed by atoms with E-state index < -0.39 is 0 Å². The first-order valence-corrected chi connectivity index (χ1v) is 7.09. The molecule has 0 amide bonds. The molecule has 112 valence electrons. The van der Waals surface area contributed by atoms with Crippen molar-refractivity contribution in [2.24, 2.45) is 5.92 Å². The first kappa shape index (κ1) is 16.4. The Bertz CT molecular complexity index is 295. The normalized spacial score (nSPS) is 23.3. The van der Waals surface area contributed by atoms with Crippen molar-refractivity contribution >= 4 is 5.97 Å². The summed E-state index contributed by atoms with van der Waals surface area (Å²) < 4.78 is 10.4. The van der Waals surface area contributed by atoms with Crippen molar-refractivity contribution in [3.05, 3.63) is 0 Å². The Hall–Kier alpha value is -0.610. The lowest BCUT2D eigenvalue weighted by atomic mass is 9.74. The smallest absolute Gasteiger partial charge is 0.302 e. The molecule has 0 bridgehead atoms. The first-order valence-electron chi connectivity index (χ1n) is 7.09. The van der Waals surface area contributed by atoms with Crippen LogP contribution in [0.1, 0.15) is 47.5 Å². The zero-order valence-electron chi connectivity index (χ0n) is 13.3. The Morgan fingerprint density at radius 2 is 1.74 bits per heavy atom. The van der Waals surface area contributed by atoms with Gasteiger partial charge in [0.05, 0.1) is 0 Å². The highest BCUT2D eigenvalue weighted by Crippen LogP contribution is 2.41. The zero-order valence-corrected chi connectivity index (χ0v) is 13.3. The fourth-order valence-corrected chi connectivity index (χ4v) is 3.76. The van der Waals surface area contributed by atoms with Crippen LogP contribution in [0.4, 0.5) is 0 Å². The summed E-state index contributed by atoms with van der Waals surface area (Å²) in [6, 6.07) is 0. The number of ether oxygens (including phenoxy) is 2. The van der Waals surface area contributed by atoms with E-state index in [0.29, 0.717) is 12.5 Å². The van der Waals surface area contributed by atoms with Crippen LogP contribution < -0.4 is 0 Å². The van der Waals surface area contributed by atoms with E-state index in [1.54, 1.807) is 7.11 Å². The molecule has 1 saturated heterocycles. The molecule has 0 aromatic rings. The summed E-state index contributed by atoms with van der Waals surface area (Å²) in [5, 5.41) is 0. The molecule has 0 N–H and O–H groups in total. The van der Waals surface area contributed by atoms with E-state index >= 15 is 0 Å². The van der Waals surface area contributed by atoms with E-state index in [9.17, 15) is 4.79 Å². The summed E-state index contributed by atoms with van der Waals surface area (Å²) in [7, 11) is 1.77. The summed E-state index contributed by atoms with van der Waals surface area (Å²) in [6.45, 7) is 12.6. The minimum atomic E-state index is -0.204. The predicted molar refractivity (Wildman–Crippen MR) is 76.1 cm³/mol. The summed E-state index contributed by atoms with van der Waals surface area (Å²) in [5.74, 6) is 0.393. The van der Waals surface area contributed by atoms with Crippen LogP contribution in [0.5, 0.6) is 0 Å². The standard InChI is InChI=1S/C15H29NO3/c1-12(17)19-8-7-16-14(2,3)9-13(11-18-6)10-15(16,4)5/h13H,7-11H2,1-6H3. The van der Waals surface area contributed by atoms with Crippen molar-refractivity contribution in [1.29, 1.82) is 0 Å². The number of nitrogens with zero attached hydrogens (tertiary/aromatic N) is 1. The third-order valence-electron chi connectivity index (χ3n) is 4.06. The lowest BCUT2D eigenvalue weighted by Crippen LogP contribution is -2.61. The van der Waals surface area contributed by atoms with Gasteiger partial charge in [-0.25, -0.2) is 0 Å². The van der Waals surface area contributed by atoms with Gasteiger partial charge in [0.2, 0.25) is 0 Å². The van der Waals surface area contributed by atoms with Gasteiger partial charge in [-0.3, -0.25) is 9.69 Å². The van der Waals surface area contributed by atoms with E-state index in [4.69, 9.17) is 9.47 Å². The number of rotatable bonds is 5. The molecule has 0 saturated carbocycles. The van der Waals surface area contributed by atoms with Crippen LogP contribution in [0.15, 0.2) is 0 Å². The molecule has 4 nitrogen and oxygen atoms in total. The monoisotopic (exact) mass is 271 g/mol. The van der Waals surface area contributed by atoms with Gasteiger partial charge in [-0.15, -0.1) is 0 Å². The van der Waals surface area contributed by atoms with Crippen LogP contribution in [-0.4, -0.2) is 48.8 Å². The number of hydrogen-bond acceptors (Lipinski definition) is 4. The summed E-state index contributed by atoms with van der Waals surface area (Å²) in [6.07, 6.45) is 2.23. The Kier molecular flexibility index (Phi) is 5.39. The quantitative estimate of drug-likeness (QED) is 0.720. The maximum atomic E-state index is 10.9. The van der Waals surface area contributed by atoms with Gasteiger partial charge in [0.25, 0.3) is 0 Å². The minimum Gasteiger partial charge on any atom is -0.465 e. The number of carbonyl (C=O) groups excluding carboxylic acids is 1. The van der Waals surface area contributed by atoms with Crippen LogP contribution in [0, 0.1) is 5.92 Å². The van der Waals surface area contributed by atoms with Crippen LogP contribution in [0.3, 0.4) is 0 Å². The molecule has 1 rings (SSSR count). The summed E-state index contributed by atoms with van der Waals surface area (Å²) in [4.78, 5) is 13.4. The molecule has 0 aromatic heterocycles. The van der Waals surface area contributed by atoms with E-state index in [-0.39, 0.29) is 17.0 Å². The third-order valence-corrected chi connectivity index (χ3v) is 4.06. The topological polar surface area (TPSA) is 38.8 Å². The number of piperidine rings is 1. The van der Waals surface area contributed by atoms with Crippen molar-refractivity contribution in [2.45, 2.75) is 58.5 Å². The maximum Gasteiger partial charge on any atom is 0.302 e. The fourth-order valence-electron chi connectivity index (χ4n) is 3.76. The summed E-state index contributed by atoms with van der Waals surface area (Å²) >= 11 is 0. The molecule has 0 unspecified atom stereocenters. The van der Waals surface area contributed by atoms with Gasteiger partial charge in [0.15, 0.2) is 0 Å². The third kappa shape index (κ3) is 4.46. The van der Waals surface area contributed by atoms with Crippen LogP contribution in [0.2, 0.25) is 0 Å². The van der Waals surface area contributed by atoms with Crippen LogP contribution >= 0.6 is 0 Å². The number of carbonyl (C=O) groups is 1. The number of methoxy groups -OCH3 is 1. The van der Waals surface area contributed by atoms with Crippen molar-refractivity contribution in [3.63, 3.8) is 0 Å². The van der Waals surface area contributed by atoms with E-state index in [2.05, 4.69) is 32.6 Å². The van der Waals surface area contributed by atoms with Gasteiger partial charge in [0.1, 0.15) is 6.61 Å². The highest BCUT2D eigenvalue weighted by atomic mass is 16.5. The summed E-state index contributed by atoms with van der Waals surface area (Å²) in [5.41, 5.74) is 0.205. The van der Waals surface area contributed by atoms with Gasteiger partial charge in [0, 0.05) is 38.3 Å². The maximum absolute atomic E-state index is 10.9. The largest absolute Gasteiger partial charge is 0.465 e. The molecule has 0 radical (unpaired) electrons. The lowest BCUT2D eigenvalue weighted by molar-refractivity contribution is -0.144. The van der Waals surface area contributed by atoms with E-state index in [1.165, 1.54) is 6.92 Å². The van der Waals surface area contributed by atoms with Crippen molar-refractivity contribution < 1.29 is 14.3 Å². The molecular formula is C15H29NO3.